The van der Waals surface area contributed by atoms with Crippen molar-refractivity contribution in [2.24, 2.45) is 5.73 Å². The smallest absolute Gasteiger partial charge is 0.159 e. The number of benzene rings is 1. The van der Waals surface area contributed by atoms with Crippen LogP contribution in [0.4, 0.5) is 8.78 Å². The second kappa shape index (κ2) is 5.83. The van der Waals surface area contributed by atoms with Gasteiger partial charge in [0.15, 0.2) is 11.6 Å². The lowest BCUT2D eigenvalue weighted by atomic mass is 10.3. The van der Waals surface area contributed by atoms with Gasteiger partial charge < -0.3 is 10.1 Å². The summed E-state index contributed by atoms with van der Waals surface area (Å²) in [7, 11) is 0. The third-order valence-corrected chi connectivity index (χ3v) is 4.09. The molecule has 0 bridgehead atoms. The Balaban J connectivity index is 2.02. The SMILES string of the molecule is NCCc1c(Sc2ccc(F)c(F)c2)nc2ccccn12. The van der Waals surface area contributed by atoms with Gasteiger partial charge in [-0.1, -0.05) is 17.8 Å². The summed E-state index contributed by atoms with van der Waals surface area (Å²) in [6, 6.07) is 9.56. The van der Waals surface area contributed by atoms with Crippen LogP contribution in [0.15, 0.2) is 52.5 Å². The molecule has 6 heteroatoms. The van der Waals surface area contributed by atoms with E-state index in [1.165, 1.54) is 17.8 Å². The average Bonchev–Trinajstić information content (AvgIpc) is 2.81. The fourth-order valence-electron chi connectivity index (χ4n) is 2.12. The first-order valence-electron chi connectivity index (χ1n) is 6.48. The maximum Gasteiger partial charge on any atom is 0.159 e. The molecule has 2 N–H and O–H groups in total. The Morgan fingerprint density at radius 3 is 2.76 bits per heavy atom. The summed E-state index contributed by atoms with van der Waals surface area (Å²) in [6.07, 6.45) is 2.58. The second-order valence-corrected chi connectivity index (χ2v) is 5.57. The summed E-state index contributed by atoms with van der Waals surface area (Å²) in [5.74, 6) is -1.71. The number of imidazole rings is 1. The fourth-order valence-corrected chi connectivity index (χ4v) is 3.10. The number of hydrogen-bond acceptors (Lipinski definition) is 3. The van der Waals surface area contributed by atoms with Crippen LogP contribution in [0.1, 0.15) is 5.69 Å². The molecule has 3 aromatic rings. The van der Waals surface area contributed by atoms with Crippen LogP contribution in [0.2, 0.25) is 0 Å². The van der Waals surface area contributed by atoms with Crippen molar-refractivity contribution in [3.05, 3.63) is 59.9 Å². The largest absolute Gasteiger partial charge is 0.330 e. The molecule has 3 rings (SSSR count). The number of halogens is 2. The zero-order chi connectivity index (χ0) is 14.8. The summed E-state index contributed by atoms with van der Waals surface area (Å²) in [4.78, 5) is 5.14. The predicted molar refractivity (Wildman–Crippen MR) is 78.4 cm³/mol. The topological polar surface area (TPSA) is 43.3 Å². The van der Waals surface area contributed by atoms with Crippen LogP contribution in [0.3, 0.4) is 0 Å². The summed E-state index contributed by atoms with van der Waals surface area (Å²) in [6.45, 7) is 0.494. The molecule has 0 spiro atoms. The number of hydrogen-bond donors (Lipinski definition) is 1. The highest BCUT2D eigenvalue weighted by molar-refractivity contribution is 7.99. The molecule has 0 radical (unpaired) electrons. The minimum absolute atomic E-state index is 0.494. The number of rotatable bonds is 4. The van der Waals surface area contributed by atoms with Crippen molar-refractivity contribution in [2.45, 2.75) is 16.3 Å². The van der Waals surface area contributed by atoms with E-state index in [1.807, 2.05) is 28.8 Å². The van der Waals surface area contributed by atoms with Gasteiger partial charge in [-0.3, -0.25) is 0 Å². The second-order valence-electron chi connectivity index (χ2n) is 4.51. The lowest BCUT2D eigenvalue weighted by molar-refractivity contribution is 0.506. The van der Waals surface area contributed by atoms with Crippen LogP contribution in [0.25, 0.3) is 5.65 Å². The van der Waals surface area contributed by atoms with E-state index >= 15 is 0 Å². The minimum Gasteiger partial charge on any atom is -0.330 e. The Hall–Kier alpha value is -1.92. The standard InChI is InChI=1S/C15H13F2N3S/c16-11-5-4-10(9-12(11)17)21-15-13(6-7-18)20-8-2-1-3-14(20)19-15/h1-5,8-9H,6-7,18H2. The first-order valence-corrected chi connectivity index (χ1v) is 7.29. The van der Waals surface area contributed by atoms with Gasteiger partial charge in [0.1, 0.15) is 10.7 Å². The van der Waals surface area contributed by atoms with Gasteiger partial charge in [-0.05, 0) is 36.9 Å². The van der Waals surface area contributed by atoms with E-state index in [0.717, 1.165) is 22.4 Å². The summed E-state index contributed by atoms with van der Waals surface area (Å²) in [5, 5.41) is 0.762. The first-order chi connectivity index (χ1) is 10.2. The normalized spacial score (nSPS) is 11.2. The predicted octanol–water partition coefficient (Wildman–Crippen LogP) is 3.26. The Bertz CT molecular complexity index is 786. The van der Waals surface area contributed by atoms with Crippen molar-refractivity contribution in [1.82, 2.24) is 9.38 Å². The lowest BCUT2D eigenvalue weighted by Crippen LogP contribution is -2.05. The van der Waals surface area contributed by atoms with Crippen molar-refractivity contribution < 1.29 is 8.78 Å². The molecule has 21 heavy (non-hydrogen) atoms. The number of pyridine rings is 1. The molecule has 0 unspecified atom stereocenters. The monoisotopic (exact) mass is 305 g/mol. The number of aromatic nitrogens is 2. The number of nitrogens with two attached hydrogens (primary N) is 1. The zero-order valence-electron chi connectivity index (χ0n) is 11.1. The molecule has 0 saturated heterocycles. The van der Waals surface area contributed by atoms with Crippen molar-refractivity contribution in [3.63, 3.8) is 0 Å². The highest BCUT2D eigenvalue weighted by atomic mass is 32.2. The van der Waals surface area contributed by atoms with E-state index in [0.29, 0.717) is 17.9 Å². The molecule has 0 aliphatic rings. The van der Waals surface area contributed by atoms with Crippen LogP contribution in [-0.2, 0) is 6.42 Å². The highest BCUT2D eigenvalue weighted by Gasteiger charge is 2.13. The van der Waals surface area contributed by atoms with Crippen molar-refractivity contribution in [2.75, 3.05) is 6.54 Å². The minimum atomic E-state index is -0.857. The lowest BCUT2D eigenvalue weighted by Gasteiger charge is -2.04. The molecular formula is C15H13F2N3S. The molecule has 0 amide bonds. The molecule has 108 valence electrons. The van der Waals surface area contributed by atoms with Crippen LogP contribution in [0, 0.1) is 11.6 Å². The quantitative estimate of drug-likeness (QED) is 0.804. The van der Waals surface area contributed by atoms with E-state index in [-0.39, 0.29) is 0 Å². The molecule has 0 aliphatic heterocycles. The van der Waals surface area contributed by atoms with Crippen LogP contribution in [-0.4, -0.2) is 15.9 Å². The molecule has 0 saturated carbocycles. The van der Waals surface area contributed by atoms with Crippen LogP contribution < -0.4 is 5.73 Å². The van der Waals surface area contributed by atoms with Crippen LogP contribution >= 0.6 is 11.8 Å². The van der Waals surface area contributed by atoms with E-state index in [2.05, 4.69) is 4.98 Å². The molecular weight excluding hydrogens is 292 g/mol. The molecule has 0 aliphatic carbocycles. The van der Waals surface area contributed by atoms with Gasteiger partial charge in [0.2, 0.25) is 0 Å². The fraction of sp³-hybridized carbons (Fsp3) is 0.133. The molecule has 2 aromatic heterocycles. The highest BCUT2D eigenvalue weighted by Crippen LogP contribution is 2.31. The first kappa shape index (κ1) is 14.0. The number of nitrogens with zero attached hydrogens (tertiary/aromatic N) is 2. The number of fused-ring (bicyclic) bond motifs is 1. The van der Waals surface area contributed by atoms with Gasteiger partial charge in [-0.2, -0.15) is 0 Å². The van der Waals surface area contributed by atoms with Gasteiger partial charge >= 0.3 is 0 Å². The van der Waals surface area contributed by atoms with Crippen molar-refractivity contribution in [1.29, 1.82) is 0 Å². The molecule has 1 aromatic carbocycles. The summed E-state index contributed by atoms with van der Waals surface area (Å²) < 4.78 is 28.3. The van der Waals surface area contributed by atoms with E-state index in [9.17, 15) is 8.78 Å². The van der Waals surface area contributed by atoms with Crippen molar-refractivity contribution in [3.8, 4) is 0 Å². The van der Waals surface area contributed by atoms with Crippen molar-refractivity contribution >= 4 is 17.4 Å². The Labute approximate surface area is 124 Å². The molecule has 0 atom stereocenters. The van der Waals surface area contributed by atoms with E-state index in [4.69, 9.17) is 5.73 Å². The Kier molecular flexibility index (Phi) is 3.90. The maximum absolute atomic E-state index is 13.3. The van der Waals surface area contributed by atoms with Gasteiger partial charge in [0, 0.05) is 17.5 Å². The molecule has 0 fully saturated rings. The van der Waals surface area contributed by atoms with Gasteiger partial charge in [0.05, 0.1) is 5.69 Å². The summed E-state index contributed by atoms with van der Waals surface area (Å²) in [5.41, 5.74) is 7.44. The Morgan fingerprint density at radius 1 is 1.14 bits per heavy atom. The van der Waals surface area contributed by atoms with E-state index < -0.39 is 11.6 Å². The van der Waals surface area contributed by atoms with Gasteiger partial charge in [-0.25, -0.2) is 13.8 Å². The zero-order valence-corrected chi connectivity index (χ0v) is 11.9. The maximum atomic E-state index is 13.3. The third kappa shape index (κ3) is 2.77. The molecule has 3 nitrogen and oxygen atoms in total. The van der Waals surface area contributed by atoms with Gasteiger partial charge in [0.25, 0.3) is 0 Å². The van der Waals surface area contributed by atoms with Crippen LogP contribution in [0.5, 0.6) is 0 Å². The van der Waals surface area contributed by atoms with Gasteiger partial charge in [-0.15, -0.1) is 0 Å². The third-order valence-electron chi connectivity index (χ3n) is 3.08. The summed E-state index contributed by atoms with van der Waals surface area (Å²) >= 11 is 1.31. The average molecular weight is 305 g/mol. The Morgan fingerprint density at radius 2 is 2.00 bits per heavy atom. The molecule has 2 heterocycles. The van der Waals surface area contributed by atoms with E-state index in [1.54, 1.807) is 6.07 Å².